The number of nitrogens with one attached hydrogen (secondary N) is 1. The number of hydrogen-bond donors (Lipinski definition) is 1. The highest BCUT2D eigenvalue weighted by Gasteiger charge is 2.30. The van der Waals surface area contributed by atoms with Gasteiger partial charge in [-0.3, -0.25) is 9.69 Å². The van der Waals surface area contributed by atoms with Crippen LogP contribution in [0.2, 0.25) is 0 Å². The summed E-state index contributed by atoms with van der Waals surface area (Å²) in [5, 5.41) is 6.56. The first-order chi connectivity index (χ1) is 9.20. The van der Waals surface area contributed by atoms with E-state index in [0.29, 0.717) is 32.2 Å². The van der Waals surface area contributed by atoms with Crippen molar-refractivity contribution in [2.45, 2.75) is 32.4 Å². The van der Waals surface area contributed by atoms with E-state index in [1.165, 1.54) is 6.33 Å². The molecule has 1 fully saturated rings. The second-order valence-corrected chi connectivity index (χ2v) is 4.72. The third kappa shape index (κ3) is 3.74. The lowest BCUT2D eigenvalue weighted by molar-refractivity contribution is -0.125. The summed E-state index contributed by atoms with van der Waals surface area (Å²) in [7, 11) is 0. The molecule has 19 heavy (non-hydrogen) atoms. The third-order valence-electron chi connectivity index (χ3n) is 3.27. The summed E-state index contributed by atoms with van der Waals surface area (Å²) in [6.07, 6.45) is 2.28. The van der Waals surface area contributed by atoms with E-state index in [9.17, 15) is 4.79 Å². The predicted molar refractivity (Wildman–Crippen MR) is 67.3 cm³/mol. The smallest absolute Gasteiger partial charge is 0.246 e. The maximum Gasteiger partial charge on any atom is 0.246 e. The van der Waals surface area contributed by atoms with Gasteiger partial charge in [0.1, 0.15) is 6.04 Å². The zero-order valence-electron chi connectivity index (χ0n) is 11.3. The molecule has 7 nitrogen and oxygen atoms in total. The second-order valence-electron chi connectivity index (χ2n) is 4.72. The van der Waals surface area contributed by atoms with Gasteiger partial charge in [-0.15, -0.1) is 0 Å². The van der Waals surface area contributed by atoms with Crippen molar-refractivity contribution in [2.24, 2.45) is 0 Å². The van der Waals surface area contributed by atoms with Gasteiger partial charge in [-0.25, -0.2) is 0 Å². The van der Waals surface area contributed by atoms with Crippen molar-refractivity contribution in [1.29, 1.82) is 0 Å². The summed E-state index contributed by atoms with van der Waals surface area (Å²) >= 11 is 0. The molecule has 1 aliphatic rings. The minimum Gasteiger partial charge on any atom is -0.378 e. The van der Waals surface area contributed by atoms with Gasteiger partial charge in [0.15, 0.2) is 6.33 Å². The van der Waals surface area contributed by atoms with Crippen molar-refractivity contribution >= 4 is 5.91 Å². The molecule has 0 unspecified atom stereocenters. The van der Waals surface area contributed by atoms with Crippen molar-refractivity contribution in [3.05, 3.63) is 12.2 Å². The van der Waals surface area contributed by atoms with Crippen LogP contribution in [0.5, 0.6) is 0 Å². The molecule has 106 valence electrons. The van der Waals surface area contributed by atoms with Crippen molar-refractivity contribution < 1.29 is 14.1 Å². The van der Waals surface area contributed by atoms with Gasteiger partial charge in [-0.1, -0.05) is 12.1 Å². The summed E-state index contributed by atoms with van der Waals surface area (Å²) in [6, 6.07) is 0.0503. The summed E-state index contributed by atoms with van der Waals surface area (Å²) in [6.45, 7) is 6.12. The number of carbonyl (C=O) groups excluding carboxylic acids is 1. The van der Waals surface area contributed by atoms with E-state index in [-0.39, 0.29) is 18.0 Å². The largest absolute Gasteiger partial charge is 0.378 e. The molecule has 1 saturated heterocycles. The van der Waals surface area contributed by atoms with Gasteiger partial charge in [0.25, 0.3) is 0 Å². The third-order valence-corrected chi connectivity index (χ3v) is 3.27. The Morgan fingerprint density at radius 1 is 1.68 bits per heavy atom. The molecule has 1 N–H and O–H groups in total. The lowest BCUT2D eigenvalue weighted by Crippen LogP contribution is -2.46. The topological polar surface area (TPSA) is 80.5 Å². The van der Waals surface area contributed by atoms with Gasteiger partial charge < -0.3 is 14.6 Å². The summed E-state index contributed by atoms with van der Waals surface area (Å²) in [5.41, 5.74) is 0. The van der Waals surface area contributed by atoms with Gasteiger partial charge in [-0.05, 0) is 13.3 Å². The molecule has 0 aromatic carbocycles. The molecule has 2 heterocycles. The first kappa shape index (κ1) is 14.0. The van der Waals surface area contributed by atoms with Gasteiger partial charge in [0, 0.05) is 12.6 Å². The van der Waals surface area contributed by atoms with E-state index in [1.807, 2.05) is 18.7 Å². The number of rotatable bonds is 5. The van der Waals surface area contributed by atoms with E-state index in [4.69, 9.17) is 9.26 Å². The van der Waals surface area contributed by atoms with Crippen LogP contribution in [-0.2, 0) is 9.53 Å². The predicted octanol–water partition coefficient (Wildman–Crippen LogP) is 0.358. The van der Waals surface area contributed by atoms with Gasteiger partial charge in [0.2, 0.25) is 11.8 Å². The molecule has 0 spiro atoms. The second kappa shape index (κ2) is 6.63. The van der Waals surface area contributed by atoms with E-state index in [1.54, 1.807) is 0 Å². The fourth-order valence-electron chi connectivity index (χ4n) is 1.99. The molecule has 1 aliphatic heterocycles. The Balaban J connectivity index is 1.94. The van der Waals surface area contributed by atoms with Crippen molar-refractivity contribution in [3.8, 4) is 0 Å². The Hall–Kier alpha value is -1.47. The molecule has 1 aromatic heterocycles. The monoisotopic (exact) mass is 268 g/mol. The minimum absolute atomic E-state index is 0.0146. The lowest BCUT2D eigenvalue weighted by atomic mass is 10.2. The van der Waals surface area contributed by atoms with Crippen molar-refractivity contribution in [3.63, 3.8) is 0 Å². The molecule has 0 bridgehead atoms. The number of carbonyl (C=O) groups is 1. The van der Waals surface area contributed by atoms with Gasteiger partial charge >= 0.3 is 0 Å². The quantitative estimate of drug-likeness (QED) is 0.830. The van der Waals surface area contributed by atoms with Crippen molar-refractivity contribution in [2.75, 3.05) is 26.3 Å². The fourth-order valence-corrected chi connectivity index (χ4v) is 1.99. The highest BCUT2D eigenvalue weighted by Crippen LogP contribution is 2.21. The van der Waals surface area contributed by atoms with Crippen LogP contribution in [0.1, 0.15) is 32.2 Å². The van der Waals surface area contributed by atoms with Crippen LogP contribution < -0.4 is 5.32 Å². The number of morpholine rings is 1. The first-order valence-electron chi connectivity index (χ1n) is 6.58. The molecular weight excluding hydrogens is 248 g/mol. The maximum absolute atomic E-state index is 11.9. The Bertz CT molecular complexity index is 396. The van der Waals surface area contributed by atoms with Crippen LogP contribution >= 0.6 is 0 Å². The summed E-state index contributed by atoms with van der Waals surface area (Å²) in [4.78, 5) is 18.0. The van der Waals surface area contributed by atoms with Crippen LogP contribution in [-0.4, -0.2) is 53.3 Å². The molecule has 1 amide bonds. The number of aromatic nitrogens is 2. The van der Waals surface area contributed by atoms with E-state index in [2.05, 4.69) is 15.5 Å². The number of nitrogens with zero attached hydrogens (tertiary/aromatic N) is 3. The number of hydrogen-bond acceptors (Lipinski definition) is 6. The van der Waals surface area contributed by atoms with Crippen LogP contribution in [0.4, 0.5) is 0 Å². The van der Waals surface area contributed by atoms with Crippen LogP contribution in [0.15, 0.2) is 10.9 Å². The van der Waals surface area contributed by atoms with E-state index in [0.717, 1.165) is 6.42 Å². The number of amides is 1. The van der Waals surface area contributed by atoms with Gasteiger partial charge in [0.05, 0.1) is 19.8 Å². The van der Waals surface area contributed by atoms with Crippen LogP contribution in [0.25, 0.3) is 0 Å². The SMILES string of the molecule is CC[C@@H](C)NC(=O)CN1CCOC[C@@H]1c1ncno1. The van der Waals surface area contributed by atoms with Crippen LogP contribution in [0.3, 0.4) is 0 Å². The van der Waals surface area contributed by atoms with Crippen molar-refractivity contribution in [1.82, 2.24) is 20.4 Å². The zero-order valence-corrected chi connectivity index (χ0v) is 11.3. The number of ether oxygens (including phenoxy) is 1. The molecule has 0 saturated carbocycles. The first-order valence-corrected chi connectivity index (χ1v) is 6.58. The molecule has 2 rings (SSSR count). The summed E-state index contributed by atoms with van der Waals surface area (Å²) in [5.74, 6) is 0.511. The normalized spacial score (nSPS) is 22.1. The highest BCUT2D eigenvalue weighted by molar-refractivity contribution is 5.78. The minimum atomic E-state index is -0.140. The Kier molecular flexibility index (Phi) is 4.86. The van der Waals surface area contributed by atoms with Crippen LogP contribution in [0, 0.1) is 0 Å². The van der Waals surface area contributed by atoms with E-state index >= 15 is 0 Å². The molecule has 7 heteroatoms. The fraction of sp³-hybridized carbons (Fsp3) is 0.750. The average Bonchev–Trinajstić information content (AvgIpc) is 2.93. The average molecular weight is 268 g/mol. The standard InChI is InChI=1S/C12H20N4O3/c1-3-9(2)15-11(17)6-16-4-5-18-7-10(16)12-13-8-14-19-12/h8-10H,3-7H2,1-2H3,(H,15,17)/t9-,10-/m1/s1. The van der Waals surface area contributed by atoms with Gasteiger partial charge in [-0.2, -0.15) is 4.98 Å². The van der Waals surface area contributed by atoms with E-state index < -0.39 is 0 Å². The Morgan fingerprint density at radius 3 is 3.21 bits per heavy atom. The Morgan fingerprint density at radius 2 is 2.53 bits per heavy atom. The highest BCUT2D eigenvalue weighted by atomic mass is 16.5. The molecule has 0 aliphatic carbocycles. The molecule has 1 aromatic rings. The Labute approximate surface area is 112 Å². The lowest BCUT2D eigenvalue weighted by Gasteiger charge is -2.32. The molecule has 0 radical (unpaired) electrons. The summed E-state index contributed by atoms with van der Waals surface area (Å²) < 4.78 is 10.5. The molecule has 2 atom stereocenters. The molecular formula is C12H20N4O3. The zero-order chi connectivity index (χ0) is 13.7. The maximum atomic E-state index is 11.9.